The van der Waals surface area contributed by atoms with Crippen LogP contribution in [0, 0.1) is 0 Å². The van der Waals surface area contributed by atoms with E-state index in [1.165, 1.54) is 5.56 Å². The molecule has 0 heterocycles. The van der Waals surface area contributed by atoms with Crippen LogP contribution in [-0.2, 0) is 18.7 Å². The molecule has 0 bridgehead atoms. The van der Waals surface area contributed by atoms with Gasteiger partial charge in [-0.1, -0.05) is 46.9 Å². The summed E-state index contributed by atoms with van der Waals surface area (Å²) in [7, 11) is -3.39. The highest BCUT2D eigenvalue weighted by atomic mass is 127. The number of alkyl halides is 1. The maximum Gasteiger partial charge on any atom is 0.264 e. The Morgan fingerprint density at radius 1 is 1.33 bits per heavy atom. The molecule has 1 unspecified atom stereocenters. The minimum absolute atomic E-state index is 0.428. The quantitative estimate of drug-likeness (QED) is 0.481. The van der Waals surface area contributed by atoms with Crippen LogP contribution in [0.3, 0.4) is 0 Å². The van der Waals surface area contributed by atoms with Gasteiger partial charge in [-0.15, -0.1) is 0 Å². The van der Waals surface area contributed by atoms with Gasteiger partial charge in [-0.2, -0.15) is 8.42 Å². The molecule has 1 aromatic rings. The molecule has 1 atom stereocenters. The molecule has 1 rings (SSSR count). The Hall–Kier alpha value is -0.140. The molecular weight excluding hydrogens is 327 g/mol. The van der Waals surface area contributed by atoms with E-state index in [2.05, 4.69) is 22.6 Å². The van der Waals surface area contributed by atoms with E-state index in [1.54, 1.807) is 6.92 Å². The second-order valence-electron chi connectivity index (χ2n) is 3.32. The molecule has 84 valence electrons. The highest BCUT2D eigenvalue weighted by Gasteiger charge is 2.11. The molecule has 3 nitrogen and oxygen atoms in total. The number of rotatable bonds is 4. The van der Waals surface area contributed by atoms with E-state index in [9.17, 15) is 8.42 Å². The van der Waals surface area contributed by atoms with Crippen LogP contribution in [0.1, 0.15) is 24.2 Å². The first-order valence-corrected chi connectivity index (χ1v) is 7.79. The second-order valence-corrected chi connectivity index (χ2v) is 5.68. The fraction of sp³-hybridized carbons (Fsp3) is 0.400. The third-order valence-electron chi connectivity index (χ3n) is 1.92. The molecular formula is C10H13IO3S. The van der Waals surface area contributed by atoms with E-state index >= 15 is 0 Å². The SMILES string of the molecule is CC(OS(C)(=O)=O)c1ccc(CI)cc1. The molecule has 0 N–H and O–H groups in total. The fourth-order valence-corrected chi connectivity index (χ4v) is 2.34. The normalized spacial score (nSPS) is 13.8. The highest BCUT2D eigenvalue weighted by Crippen LogP contribution is 2.19. The van der Waals surface area contributed by atoms with Crippen molar-refractivity contribution in [2.75, 3.05) is 6.26 Å². The first-order chi connectivity index (χ1) is 6.92. The van der Waals surface area contributed by atoms with Crippen LogP contribution < -0.4 is 0 Å². The van der Waals surface area contributed by atoms with Crippen molar-refractivity contribution in [2.45, 2.75) is 17.5 Å². The largest absolute Gasteiger partial charge is 0.264 e. The van der Waals surface area contributed by atoms with Crippen molar-refractivity contribution in [3.05, 3.63) is 35.4 Å². The monoisotopic (exact) mass is 340 g/mol. The first-order valence-electron chi connectivity index (χ1n) is 4.45. The summed E-state index contributed by atoms with van der Waals surface area (Å²) in [5.74, 6) is 0. The summed E-state index contributed by atoms with van der Waals surface area (Å²) in [6.07, 6.45) is 0.631. The highest BCUT2D eigenvalue weighted by molar-refractivity contribution is 14.1. The van der Waals surface area contributed by atoms with Gasteiger partial charge in [-0.25, -0.2) is 0 Å². The van der Waals surface area contributed by atoms with E-state index in [4.69, 9.17) is 4.18 Å². The van der Waals surface area contributed by atoms with Crippen molar-refractivity contribution in [3.63, 3.8) is 0 Å². The summed E-state index contributed by atoms with van der Waals surface area (Å²) in [4.78, 5) is 0. The Labute approximate surface area is 104 Å². The lowest BCUT2D eigenvalue weighted by Crippen LogP contribution is -2.07. The Balaban J connectivity index is 2.78. The van der Waals surface area contributed by atoms with Crippen molar-refractivity contribution in [1.29, 1.82) is 0 Å². The lowest BCUT2D eigenvalue weighted by molar-refractivity contribution is 0.236. The first kappa shape index (κ1) is 12.9. The van der Waals surface area contributed by atoms with Gasteiger partial charge in [0.2, 0.25) is 0 Å². The summed E-state index contributed by atoms with van der Waals surface area (Å²) in [5, 5.41) is 0. The molecule has 0 fully saturated rings. The van der Waals surface area contributed by atoms with Gasteiger partial charge in [0.15, 0.2) is 0 Å². The third-order valence-corrected chi connectivity index (χ3v) is 3.44. The van der Waals surface area contributed by atoms with E-state index in [1.807, 2.05) is 24.3 Å². The molecule has 0 saturated heterocycles. The molecule has 0 spiro atoms. The Morgan fingerprint density at radius 3 is 2.27 bits per heavy atom. The summed E-state index contributed by atoms with van der Waals surface area (Å²) < 4.78 is 27.6. The zero-order valence-electron chi connectivity index (χ0n) is 8.60. The summed E-state index contributed by atoms with van der Waals surface area (Å²) >= 11 is 2.28. The number of hydrogen-bond donors (Lipinski definition) is 0. The van der Waals surface area contributed by atoms with Crippen molar-refractivity contribution >= 4 is 32.7 Å². The Bertz CT molecular complexity index is 411. The van der Waals surface area contributed by atoms with Gasteiger partial charge >= 0.3 is 0 Å². The Kier molecular flexibility index (Phi) is 4.54. The molecule has 0 radical (unpaired) electrons. The van der Waals surface area contributed by atoms with Gasteiger partial charge < -0.3 is 0 Å². The van der Waals surface area contributed by atoms with Gasteiger partial charge in [0, 0.05) is 4.43 Å². The molecule has 0 aromatic heterocycles. The van der Waals surface area contributed by atoms with E-state index in [0.29, 0.717) is 0 Å². The molecule has 1 aromatic carbocycles. The van der Waals surface area contributed by atoms with Crippen LogP contribution in [0.15, 0.2) is 24.3 Å². The van der Waals surface area contributed by atoms with Gasteiger partial charge in [-0.05, 0) is 18.1 Å². The molecule has 0 aliphatic carbocycles. The van der Waals surface area contributed by atoms with Crippen molar-refractivity contribution in [3.8, 4) is 0 Å². The van der Waals surface area contributed by atoms with Gasteiger partial charge in [0.1, 0.15) is 0 Å². The van der Waals surface area contributed by atoms with E-state index in [0.717, 1.165) is 16.2 Å². The summed E-state index contributed by atoms with van der Waals surface area (Å²) in [5.41, 5.74) is 2.08. The number of halogens is 1. The summed E-state index contributed by atoms with van der Waals surface area (Å²) in [6.45, 7) is 1.72. The van der Waals surface area contributed by atoms with Crippen LogP contribution in [0.4, 0.5) is 0 Å². The molecule has 0 aliphatic heterocycles. The van der Waals surface area contributed by atoms with Crippen LogP contribution in [0.5, 0.6) is 0 Å². The van der Waals surface area contributed by atoms with E-state index in [-0.39, 0.29) is 0 Å². The zero-order valence-corrected chi connectivity index (χ0v) is 11.6. The molecule has 5 heteroatoms. The fourth-order valence-electron chi connectivity index (χ4n) is 1.20. The van der Waals surface area contributed by atoms with Crippen LogP contribution in [0.2, 0.25) is 0 Å². The average molecular weight is 340 g/mol. The predicted octanol–water partition coefficient (Wildman–Crippen LogP) is 2.66. The van der Waals surface area contributed by atoms with Gasteiger partial charge in [0.05, 0.1) is 12.4 Å². The molecule has 0 amide bonds. The van der Waals surface area contributed by atoms with Crippen LogP contribution in [-0.4, -0.2) is 14.7 Å². The average Bonchev–Trinajstić information content (AvgIpc) is 2.15. The number of benzene rings is 1. The van der Waals surface area contributed by atoms with Gasteiger partial charge in [-0.3, -0.25) is 4.18 Å². The van der Waals surface area contributed by atoms with Crippen molar-refractivity contribution in [1.82, 2.24) is 0 Å². The maximum absolute atomic E-state index is 10.9. The van der Waals surface area contributed by atoms with Crippen molar-refractivity contribution < 1.29 is 12.6 Å². The Morgan fingerprint density at radius 2 is 1.87 bits per heavy atom. The number of hydrogen-bond acceptors (Lipinski definition) is 3. The summed E-state index contributed by atoms with van der Waals surface area (Å²) in [6, 6.07) is 7.74. The maximum atomic E-state index is 10.9. The van der Waals surface area contributed by atoms with Crippen LogP contribution >= 0.6 is 22.6 Å². The topological polar surface area (TPSA) is 43.4 Å². The molecule has 0 aliphatic rings. The van der Waals surface area contributed by atoms with Gasteiger partial charge in [0.25, 0.3) is 10.1 Å². The smallest absolute Gasteiger partial charge is 0.262 e. The van der Waals surface area contributed by atoms with E-state index < -0.39 is 16.2 Å². The molecule has 0 saturated carbocycles. The minimum Gasteiger partial charge on any atom is -0.262 e. The third kappa shape index (κ3) is 4.48. The standard InChI is InChI=1S/C10H13IO3S/c1-8(14-15(2,12)13)10-5-3-9(7-11)4-6-10/h3-6,8H,7H2,1-2H3. The van der Waals surface area contributed by atoms with Crippen molar-refractivity contribution in [2.24, 2.45) is 0 Å². The minimum atomic E-state index is -3.39. The zero-order chi connectivity index (χ0) is 11.5. The predicted molar refractivity (Wildman–Crippen MR) is 68.5 cm³/mol. The molecule has 15 heavy (non-hydrogen) atoms. The lowest BCUT2D eigenvalue weighted by atomic mass is 10.1. The lowest BCUT2D eigenvalue weighted by Gasteiger charge is -2.11. The second kappa shape index (κ2) is 5.27. The van der Waals surface area contributed by atoms with Crippen LogP contribution in [0.25, 0.3) is 0 Å².